The van der Waals surface area contributed by atoms with E-state index in [0.29, 0.717) is 16.8 Å². The summed E-state index contributed by atoms with van der Waals surface area (Å²) in [6.07, 6.45) is 1.52. The molecule has 0 saturated carbocycles. The maximum absolute atomic E-state index is 13.5. The second-order valence-electron chi connectivity index (χ2n) is 8.47. The molecule has 37 heavy (non-hydrogen) atoms. The Balaban J connectivity index is 1.77. The fourth-order valence-electron chi connectivity index (χ4n) is 4.31. The third-order valence-corrected chi connectivity index (χ3v) is 6.18. The number of rotatable bonds is 7. The predicted molar refractivity (Wildman–Crippen MR) is 137 cm³/mol. The molecule has 0 unspecified atom stereocenters. The van der Waals surface area contributed by atoms with Crippen LogP contribution in [-0.2, 0) is 19.1 Å². The van der Waals surface area contributed by atoms with Crippen molar-refractivity contribution in [1.29, 1.82) is 0 Å². The molecule has 0 spiro atoms. The summed E-state index contributed by atoms with van der Waals surface area (Å²) in [6, 6.07) is 16.6. The number of ether oxygens (including phenoxy) is 2. The van der Waals surface area contributed by atoms with E-state index >= 15 is 0 Å². The predicted octanol–water partition coefficient (Wildman–Crippen LogP) is 3.91. The third kappa shape index (κ3) is 4.81. The second kappa shape index (κ2) is 10.6. The molecule has 1 aromatic heterocycles. The molecule has 4 amide bonds. The molecule has 9 heteroatoms. The van der Waals surface area contributed by atoms with Gasteiger partial charge in [0, 0.05) is 24.2 Å². The lowest BCUT2D eigenvalue weighted by Crippen LogP contribution is -2.57. The molecule has 9 nitrogen and oxygen atoms in total. The number of aromatic nitrogens is 1. The van der Waals surface area contributed by atoms with E-state index in [1.807, 2.05) is 24.5 Å². The number of hydrogen-bond donors (Lipinski definition) is 0. The number of nitrogens with zero attached hydrogens (tertiary/aromatic N) is 3. The van der Waals surface area contributed by atoms with Gasteiger partial charge >= 0.3 is 12.0 Å². The first kappa shape index (κ1) is 25.6. The number of carbonyl (C=O) groups is 4. The Hall–Kier alpha value is -4.50. The van der Waals surface area contributed by atoms with Gasteiger partial charge in [-0.15, -0.1) is 0 Å². The largest absolute Gasteiger partial charge is 0.465 e. The SMILES string of the molecule is COCCN1C(=O)/C(=C/c2cc(C)n(-c3ccc(C(=O)OC)cc3)c2C)C(=O)N(c2ccccc2)C1=O. The highest BCUT2D eigenvalue weighted by Crippen LogP contribution is 2.28. The van der Waals surface area contributed by atoms with Gasteiger partial charge in [0.05, 0.1) is 31.5 Å². The fraction of sp³-hybridized carbons (Fsp3) is 0.214. The van der Waals surface area contributed by atoms with Crippen LogP contribution in [0.3, 0.4) is 0 Å². The van der Waals surface area contributed by atoms with Crippen LogP contribution < -0.4 is 4.90 Å². The van der Waals surface area contributed by atoms with Crippen molar-refractivity contribution in [1.82, 2.24) is 9.47 Å². The smallest absolute Gasteiger partial charge is 0.338 e. The minimum absolute atomic E-state index is 0.00762. The van der Waals surface area contributed by atoms with Crippen LogP contribution in [0.25, 0.3) is 11.8 Å². The number of para-hydroxylation sites is 1. The standard InChI is InChI=1S/C28H27N3O6/c1-18-16-21(19(2)30(18)23-12-10-20(11-13-23)27(34)37-4)17-24-25(32)29(14-15-36-3)28(35)31(26(24)33)22-8-6-5-7-9-22/h5-13,16-17H,14-15H2,1-4H3/b24-17-. The van der Waals surface area contributed by atoms with E-state index in [0.717, 1.165) is 26.9 Å². The Morgan fingerprint density at radius 1 is 0.892 bits per heavy atom. The number of imide groups is 2. The summed E-state index contributed by atoms with van der Waals surface area (Å²) in [5.41, 5.74) is 3.77. The topological polar surface area (TPSA) is 98.2 Å². The van der Waals surface area contributed by atoms with Crippen LogP contribution in [0.4, 0.5) is 10.5 Å². The molecule has 1 saturated heterocycles. The summed E-state index contributed by atoms with van der Waals surface area (Å²) >= 11 is 0. The van der Waals surface area contributed by atoms with E-state index in [4.69, 9.17) is 9.47 Å². The van der Waals surface area contributed by atoms with E-state index < -0.39 is 23.8 Å². The van der Waals surface area contributed by atoms with Gasteiger partial charge in [-0.2, -0.15) is 0 Å². The van der Waals surface area contributed by atoms with Crippen molar-refractivity contribution in [3.05, 3.63) is 88.8 Å². The molecular weight excluding hydrogens is 474 g/mol. The second-order valence-corrected chi connectivity index (χ2v) is 8.47. The fourth-order valence-corrected chi connectivity index (χ4v) is 4.31. The lowest BCUT2D eigenvalue weighted by molar-refractivity contribution is -0.129. The molecule has 0 atom stereocenters. The molecule has 0 radical (unpaired) electrons. The molecule has 0 bridgehead atoms. The number of anilines is 1. The van der Waals surface area contributed by atoms with Crippen LogP contribution in [-0.4, -0.2) is 60.7 Å². The minimum Gasteiger partial charge on any atom is -0.465 e. The summed E-state index contributed by atoms with van der Waals surface area (Å²) < 4.78 is 11.8. The first-order valence-electron chi connectivity index (χ1n) is 11.6. The molecule has 2 aromatic carbocycles. The third-order valence-electron chi connectivity index (χ3n) is 6.18. The van der Waals surface area contributed by atoms with Gasteiger partial charge in [0.2, 0.25) is 0 Å². The van der Waals surface area contributed by atoms with Gasteiger partial charge in [-0.25, -0.2) is 14.5 Å². The van der Waals surface area contributed by atoms with Gasteiger partial charge in [0.1, 0.15) is 5.57 Å². The number of carbonyl (C=O) groups excluding carboxylic acids is 4. The van der Waals surface area contributed by atoms with Crippen LogP contribution in [0.15, 0.2) is 66.2 Å². The Labute approximate surface area is 214 Å². The number of hydrogen-bond acceptors (Lipinski definition) is 6. The molecule has 1 aliphatic rings. The summed E-state index contributed by atoms with van der Waals surface area (Å²) in [4.78, 5) is 53.8. The van der Waals surface area contributed by atoms with E-state index in [1.165, 1.54) is 20.3 Å². The van der Waals surface area contributed by atoms with E-state index in [2.05, 4.69) is 0 Å². The zero-order valence-corrected chi connectivity index (χ0v) is 21.1. The highest BCUT2D eigenvalue weighted by molar-refractivity contribution is 6.39. The summed E-state index contributed by atoms with van der Waals surface area (Å²) in [5, 5.41) is 0. The highest BCUT2D eigenvalue weighted by Gasteiger charge is 2.42. The summed E-state index contributed by atoms with van der Waals surface area (Å²) in [5.74, 6) is -1.80. The Bertz CT molecular complexity index is 1390. The first-order chi connectivity index (χ1) is 17.8. The average Bonchev–Trinajstić information content (AvgIpc) is 3.19. The number of aryl methyl sites for hydroxylation is 1. The first-order valence-corrected chi connectivity index (χ1v) is 11.6. The lowest BCUT2D eigenvalue weighted by Gasteiger charge is -2.33. The molecule has 0 N–H and O–H groups in total. The van der Waals surface area contributed by atoms with E-state index in [-0.39, 0.29) is 18.7 Å². The van der Waals surface area contributed by atoms with Crippen LogP contribution in [0.5, 0.6) is 0 Å². The lowest BCUT2D eigenvalue weighted by atomic mass is 10.1. The van der Waals surface area contributed by atoms with Crippen LogP contribution in [0.2, 0.25) is 0 Å². The number of methoxy groups -OCH3 is 2. The molecule has 4 rings (SSSR count). The van der Waals surface area contributed by atoms with Crippen LogP contribution in [0.1, 0.15) is 27.3 Å². The van der Waals surface area contributed by atoms with E-state index in [1.54, 1.807) is 54.6 Å². The van der Waals surface area contributed by atoms with Crippen LogP contribution >= 0.6 is 0 Å². The Kier molecular flexibility index (Phi) is 7.35. The zero-order valence-electron chi connectivity index (χ0n) is 21.1. The van der Waals surface area contributed by atoms with Crippen molar-refractivity contribution in [3.63, 3.8) is 0 Å². The number of amides is 4. The average molecular weight is 502 g/mol. The molecule has 190 valence electrons. The summed E-state index contributed by atoms with van der Waals surface area (Å²) in [6.45, 7) is 3.91. The normalized spacial score (nSPS) is 15.0. The van der Waals surface area contributed by atoms with Crippen molar-refractivity contribution < 1.29 is 28.7 Å². The minimum atomic E-state index is -0.716. The Morgan fingerprint density at radius 3 is 2.19 bits per heavy atom. The molecule has 0 aliphatic carbocycles. The van der Waals surface area contributed by atoms with Gasteiger partial charge in [-0.3, -0.25) is 14.5 Å². The van der Waals surface area contributed by atoms with Crippen molar-refractivity contribution >= 4 is 35.6 Å². The van der Waals surface area contributed by atoms with Gasteiger partial charge in [-0.1, -0.05) is 18.2 Å². The Morgan fingerprint density at radius 2 is 1.57 bits per heavy atom. The maximum atomic E-state index is 13.5. The molecule has 3 aromatic rings. The summed E-state index contributed by atoms with van der Waals surface area (Å²) in [7, 11) is 2.80. The van der Waals surface area contributed by atoms with Gasteiger partial charge in [-0.05, 0) is 68.0 Å². The van der Waals surface area contributed by atoms with Crippen molar-refractivity contribution in [2.75, 3.05) is 32.3 Å². The maximum Gasteiger partial charge on any atom is 0.338 e. The van der Waals surface area contributed by atoms with Gasteiger partial charge < -0.3 is 14.0 Å². The van der Waals surface area contributed by atoms with Crippen molar-refractivity contribution in [3.8, 4) is 5.69 Å². The number of barbiturate groups is 1. The van der Waals surface area contributed by atoms with Crippen molar-refractivity contribution in [2.45, 2.75) is 13.8 Å². The van der Waals surface area contributed by atoms with Gasteiger partial charge in [0.25, 0.3) is 11.8 Å². The highest BCUT2D eigenvalue weighted by atomic mass is 16.5. The zero-order chi connectivity index (χ0) is 26.7. The monoisotopic (exact) mass is 501 g/mol. The quantitative estimate of drug-likeness (QED) is 0.277. The number of urea groups is 1. The molecule has 1 aliphatic heterocycles. The van der Waals surface area contributed by atoms with Crippen LogP contribution in [0, 0.1) is 13.8 Å². The van der Waals surface area contributed by atoms with E-state index in [9.17, 15) is 19.2 Å². The number of esters is 1. The molecule has 2 heterocycles. The van der Waals surface area contributed by atoms with Gasteiger partial charge in [0.15, 0.2) is 0 Å². The van der Waals surface area contributed by atoms with Crippen molar-refractivity contribution in [2.24, 2.45) is 0 Å². The molecule has 1 fully saturated rings. The number of benzene rings is 2. The molecular formula is C28H27N3O6.